The van der Waals surface area contributed by atoms with E-state index < -0.39 is 5.41 Å². The summed E-state index contributed by atoms with van der Waals surface area (Å²) < 4.78 is 6.70. The molecule has 8 heteroatoms. The summed E-state index contributed by atoms with van der Waals surface area (Å²) in [6.45, 7) is 3.56. The monoisotopic (exact) mass is 403 g/mol. The average molecular weight is 403 g/mol. The number of methoxy groups -OCH3 is 1. The number of fused-ring (bicyclic) bond motifs is 1. The van der Waals surface area contributed by atoms with Gasteiger partial charge in [-0.2, -0.15) is 5.10 Å². The van der Waals surface area contributed by atoms with Gasteiger partial charge in [0.25, 0.3) is 5.91 Å². The van der Waals surface area contributed by atoms with Crippen molar-refractivity contribution in [2.24, 2.45) is 0 Å². The van der Waals surface area contributed by atoms with Crippen LogP contribution in [0.3, 0.4) is 0 Å². The number of esters is 1. The second kappa shape index (κ2) is 7.47. The van der Waals surface area contributed by atoms with Gasteiger partial charge in [0.2, 0.25) is 0 Å². The molecule has 0 aliphatic rings. The number of nitrogens with one attached hydrogen (secondary N) is 2. The zero-order valence-electron chi connectivity index (χ0n) is 16.8. The largest absolute Gasteiger partial charge is 0.468 e. The van der Waals surface area contributed by atoms with Gasteiger partial charge in [0.15, 0.2) is 5.82 Å². The number of hydrogen-bond acceptors (Lipinski definition) is 5. The Morgan fingerprint density at radius 2 is 1.83 bits per heavy atom. The van der Waals surface area contributed by atoms with Crippen LogP contribution >= 0.6 is 0 Å². The highest BCUT2D eigenvalue weighted by molar-refractivity contribution is 6.04. The van der Waals surface area contributed by atoms with Gasteiger partial charge in [0, 0.05) is 29.1 Å². The van der Waals surface area contributed by atoms with Crippen molar-refractivity contribution in [2.75, 3.05) is 12.4 Å². The third kappa shape index (κ3) is 3.55. The van der Waals surface area contributed by atoms with E-state index in [-0.39, 0.29) is 11.9 Å². The molecule has 0 bridgehead atoms. The highest BCUT2D eigenvalue weighted by atomic mass is 16.5. The predicted molar refractivity (Wildman–Crippen MR) is 112 cm³/mol. The molecule has 0 fully saturated rings. The lowest BCUT2D eigenvalue weighted by atomic mass is 9.84. The molecule has 0 aliphatic heterocycles. The van der Waals surface area contributed by atoms with Crippen molar-refractivity contribution in [1.29, 1.82) is 0 Å². The number of aromatic amines is 1. The van der Waals surface area contributed by atoms with Crippen LogP contribution in [0.5, 0.6) is 0 Å². The number of imidazole rings is 1. The third-order valence-electron chi connectivity index (χ3n) is 5.09. The van der Waals surface area contributed by atoms with Crippen molar-refractivity contribution >= 4 is 23.3 Å². The highest BCUT2D eigenvalue weighted by Gasteiger charge is 2.30. The van der Waals surface area contributed by atoms with Crippen LogP contribution in [0.2, 0.25) is 0 Å². The molecule has 4 aromatic rings. The fraction of sp³-hybridized carbons (Fsp3) is 0.182. The van der Waals surface area contributed by atoms with Crippen molar-refractivity contribution in [3.8, 4) is 11.1 Å². The topological polar surface area (TPSA) is 101 Å². The van der Waals surface area contributed by atoms with Crippen LogP contribution in [-0.2, 0) is 14.9 Å². The molecule has 1 aromatic carbocycles. The Hall–Kier alpha value is -3.94. The van der Waals surface area contributed by atoms with Gasteiger partial charge >= 0.3 is 5.97 Å². The van der Waals surface area contributed by atoms with Gasteiger partial charge in [0.1, 0.15) is 5.65 Å². The minimum atomic E-state index is -0.794. The standard InChI is InChI=1S/C22H21N5O3/c1-22(2,21(29)30-3)17-7-4-14(5-8-17)20(28)26-18-13-27-12-15(6-9-19(27)25-18)16-10-23-24-11-16/h4-13H,1-3H3,(H,23,24)(H,26,28). The van der Waals surface area contributed by atoms with Gasteiger partial charge in [-0.3, -0.25) is 14.7 Å². The molecular formula is C22H21N5O3. The molecule has 0 aliphatic carbocycles. The first-order valence-corrected chi connectivity index (χ1v) is 9.37. The lowest BCUT2D eigenvalue weighted by Crippen LogP contribution is -2.30. The first-order chi connectivity index (χ1) is 14.4. The van der Waals surface area contributed by atoms with Crippen LogP contribution in [0.25, 0.3) is 16.8 Å². The molecule has 0 atom stereocenters. The Bertz CT molecular complexity index is 1210. The van der Waals surface area contributed by atoms with Crippen LogP contribution in [-0.4, -0.2) is 38.6 Å². The third-order valence-corrected chi connectivity index (χ3v) is 5.09. The molecule has 3 heterocycles. The van der Waals surface area contributed by atoms with E-state index >= 15 is 0 Å². The van der Waals surface area contributed by atoms with E-state index in [1.807, 2.05) is 28.9 Å². The minimum absolute atomic E-state index is 0.282. The van der Waals surface area contributed by atoms with E-state index in [0.717, 1.165) is 16.7 Å². The van der Waals surface area contributed by atoms with Crippen LogP contribution in [0, 0.1) is 0 Å². The zero-order valence-corrected chi connectivity index (χ0v) is 16.8. The summed E-state index contributed by atoms with van der Waals surface area (Å²) >= 11 is 0. The van der Waals surface area contributed by atoms with Crippen molar-refractivity contribution < 1.29 is 14.3 Å². The van der Waals surface area contributed by atoms with E-state index in [9.17, 15) is 9.59 Å². The molecule has 0 saturated heterocycles. The SMILES string of the molecule is COC(=O)C(C)(C)c1ccc(C(=O)Nc2cn3cc(-c4cn[nH]c4)ccc3n2)cc1. The number of ether oxygens (including phenoxy) is 1. The predicted octanol–water partition coefficient (Wildman–Crippen LogP) is 3.43. The molecule has 152 valence electrons. The number of H-pyrrole nitrogens is 1. The van der Waals surface area contributed by atoms with E-state index in [4.69, 9.17) is 4.74 Å². The Morgan fingerprint density at radius 3 is 2.50 bits per heavy atom. The van der Waals surface area contributed by atoms with Gasteiger partial charge in [0.05, 0.1) is 24.9 Å². The molecule has 4 rings (SSSR count). The first-order valence-electron chi connectivity index (χ1n) is 9.37. The summed E-state index contributed by atoms with van der Waals surface area (Å²) in [4.78, 5) is 29.0. The number of nitrogens with zero attached hydrogens (tertiary/aromatic N) is 3. The Morgan fingerprint density at radius 1 is 1.07 bits per heavy atom. The van der Waals surface area contributed by atoms with Crippen LogP contribution in [0.15, 0.2) is 61.2 Å². The molecule has 0 spiro atoms. The maximum atomic E-state index is 12.6. The summed E-state index contributed by atoms with van der Waals surface area (Å²) in [7, 11) is 1.36. The summed E-state index contributed by atoms with van der Waals surface area (Å²) in [5, 5.41) is 9.56. The maximum Gasteiger partial charge on any atom is 0.315 e. The molecule has 1 amide bonds. The van der Waals surface area contributed by atoms with Crippen LogP contribution < -0.4 is 5.32 Å². The first kappa shape index (κ1) is 19.4. The summed E-state index contributed by atoms with van der Waals surface area (Å²) in [6, 6.07) is 10.7. The van der Waals surface area contributed by atoms with Gasteiger partial charge in [-0.25, -0.2) is 4.98 Å². The van der Waals surface area contributed by atoms with E-state index in [0.29, 0.717) is 17.0 Å². The smallest absolute Gasteiger partial charge is 0.315 e. The zero-order chi connectivity index (χ0) is 21.3. The Balaban J connectivity index is 1.52. The van der Waals surface area contributed by atoms with Crippen molar-refractivity contribution in [1.82, 2.24) is 19.6 Å². The number of amides is 1. The minimum Gasteiger partial charge on any atom is -0.468 e. The lowest BCUT2D eigenvalue weighted by molar-refractivity contribution is -0.146. The van der Waals surface area contributed by atoms with Crippen molar-refractivity contribution in [3.05, 3.63) is 72.3 Å². The fourth-order valence-electron chi connectivity index (χ4n) is 3.23. The number of carbonyl (C=O) groups is 2. The van der Waals surface area contributed by atoms with E-state index in [2.05, 4.69) is 20.5 Å². The molecular weight excluding hydrogens is 382 g/mol. The fourth-order valence-corrected chi connectivity index (χ4v) is 3.23. The number of pyridine rings is 1. The van der Waals surface area contributed by atoms with Crippen LogP contribution in [0.4, 0.5) is 5.82 Å². The average Bonchev–Trinajstić information content (AvgIpc) is 3.42. The lowest BCUT2D eigenvalue weighted by Gasteiger charge is -2.22. The van der Waals surface area contributed by atoms with Gasteiger partial charge in [-0.15, -0.1) is 0 Å². The molecule has 30 heavy (non-hydrogen) atoms. The van der Waals surface area contributed by atoms with Gasteiger partial charge in [-0.05, 0) is 43.7 Å². The number of aromatic nitrogens is 4. The number of carbonyl (C=O) groups excluding carboxylic acids is 2. The molecule has 0 saturated carbocycles. The van der Waals surface area contributed by atoms with E-state index in [1.54, 1.807) is 50.5 Å². The Labute approximate surface area is 172 Å². The van der Waals surface area contributed by atoms with Gasteiger partial charge < -0.3 is 14.5 Å². The number of hydrogen-bond donors (Lipinski definition) is 2. The second-order valence-electron chi connectivity index (χ2n) is 7.44. The molecule has 3 aromatic heterocycles. The summed E-state index contributed by atoms with van der Waals surface area (Å²) in [6.07, 6.45) is 7.23. The molecule has 0 radical (unpaired) electrons. The van der Waals surface area contributed by atoms with Crippen molar-refractivity contribution in [2.45, 2.75) is 19.3 Å². The Kier molecular flexibility index (Phi) is 4.83. The molecule has 2 N–H and O–H groups in total. The quantitative estimate of drug-likeness (QED) is 0.497. The summed E-state index contributed by atoms with van der Waals surface area (Å²) in [5.41, 5.74) is 3.10. The second-order valence-corrected chi connectivity index (χ2v) is 7.44. The number of rotatable bonds is 5. The van der Waals surface area contributed by atoms with E-state index in [1.165, 1.54) is 7.11 Å². The maximum absolute atomic E-state index is 12.6. The number of benzene rings is 1. The molecule has 8 nitrogen and oxygen atoms in total. The van der Waals surface area contributed by atoms with Gasteiger partial charge in [-0.1, -0.05) is 12.1 Å². The van der Waals surface area contributed by atoms with Crippen LogP contribution in [0.1, 0.15) is 29.8 Å². The number of anilines is 1. The molecule has 0 unspecified atom stereocenters. The van der Waals surface area contributed by atoms with Crippen molar-refractivity contribution in [3.63, 3.8) is 0 Å². The highest BCUT2D eigenvalue weighted by Crippen LogP contribution is 2.25. The summed E-state index contributed by atoms with van der Waals surface area (Å²) in [5.74, 6) is -0.168. The normalized spacial score (nSPS) is 11.4.